The molecular formula is C22H26Cl2FN5O. The molecule has 3 aromatic rings. The van der Waals surface area contributed by atoms with Gasteiger partial charge in [0.1, 0.15) is 17.2 Å². The van der Waals surface area contributed by atoms with Crippen LogP contribution < -0.4 is 11.1 Å². The molecular weight excluding hydrogens is 440 g/mol. The van der Waals surface area contributed by atoms with Crippen molar-refractivity contribution < 1.29 is 9.18 Å². The van der Waals surface area contributed by atoms with Gasteiger partial charge in [-0.3, -0.25) is 4.79 Å². The fraction of sp³-hybridized carbons (Fsp3) is 0.318. The van der Waals surface area contributed by atoms with E-state index >= 15 is 0 Å². The third-order valence-corrected chi connectivity index (χ3v) is 5.43. The van der Waals surface area contributed by atoms with E-state index < -0.39 is 17.3 Å². The second-order valence-electron chi connectivity index (χ2n) is 7.62. The number of hydrogen-bond donors (Lipinski definition) is 2. The fourth-order valence-electron chi connectivity index (χ4n) is 3.63. The van der Waals surface area contributed by atoms with Gasteiger partial charge in [0.25, 0.3) is 0 Å². The maximum atomic E-state index is 14.5. The molecule has 0 saturated carbocycles. The van der Waals surface area contributed by atoms with E-state index in [4.69, 9.17) is 5.73 Å². The van der Waals surface area contributed by atoms with Gasteiger partial charge in [-0.25, -0.2) is 4.39 Å². The number of carbonyl (C=O) groups is 1. The van der Waals surface area contributed by atoms with Gasteiger partial charge < -0.3 is 15.6 Å². The monoisotopic (exact) mass is 465 g/mol. The van der Waals surface area contributed by atoms with Crippen LogP contribution in [0.15, 0.2) is 48.5 Å². The average molecular weight is 466 g/mol. The summed E-state index contributed by atoms with van der Waals surface area (Å²) in [6, 6.07) is 13.6. The lowest BCUT2D eigenvalue weighted by Gasteiger charge is -2.24. The molecule has 0 fully saturated rings. The average Bonchev–Trinajstić information content (AvgIpc) is 2.98. The van der Waals surface area contributed by atoms with E-state index in [-0.39, 0.29) is 30.5 Å². The van der Waals surface area contributed by atoms with Crippen LogP contribution in [0.4, 0.5) is 10.1 Å². The molecule has 0 bridgehead atoms. The molecule has 9 heteroatoms. The van der Waals surface area contributed by atoms with Crippen LogP contribution in [-0.4, -0.2) is 20.7 Å². The van der Waals surface area contributed by atoms with E-state index in [0.717, 1.165) is 38.1 Å². The quantitative estimate of drug-likeness (QED) is 0.594. The molecule has 1 aromatic heterocycles. The molecule has 2 aromatic carbocycles. The molecule has 1 aliphatic heterocycles. The van der Waals surface area contributed by atoms with Crippen molar-refractivity contribution in [2.75, 3.05) is 5.32 Å². The summed E-state index contributed by atoms with van der Waals surface area (Å²) in [6.45, 7) is 2.45. The zero-order valence-electron chi connectivity index (χ0n) is 17.2. The molecule has 166 valence electrons. The molecule has 0 radical (unpaired) electrons. The van der Waals surface area contributed by atoms with Gasteiger partial charge in [-0.2, -0.15) is 0 Å². The molecule has 4 rings (SSSR count). The summed E-state index contributed by atoms with van der Waals surface area (Å²) in [6.07, 6.45) is 4.20. The summed E-state index contributed by atoms with van der Waals surface area (Å²) >= 11 is 0. The lowest BCUT2D eigenvalue weighted by Crippen LogP contribution is -2.45. The van der Waals surface area contributed by atoms with Crippen LogP contribution >= 0.6 is 24.8 Å². The summed E-state index contributed by atoms with van der Waals surface area (Å²) in [5.41, 5.74) is 6.40. The Labute approximate surface area is 193 Å². The molecule has 31 heavy (non-hydrogen) atoms. The number of nitrogens with zero attached hydrogens (tertiary/aromatic N) is 3. The number of fused-ring (bicyclic) bond motifs is 1. The van der Waals surface area contributed by atoms with Crippen molar-refractivity contribution in [2.24, 2.45) is 5.73 Å². The number of anilines is 1. The highest BCUT2D eigenvalue weighted by Gasteiger charge is 2.31. The standard InChI is InChI=1S/C22H24FN5O.2ClH/c1-22(24,16-8-4-2-5-9-16)21(29)25-18-14-15(11-12-17(18)23)20-27-26-19-10-6-3-7-13-28(19)20;;/h2,4-5,8-9,11-12,14H,3,6-7,10,13,24H2,1H3,(H,25,29);2*1H. The highest BCUT2D eigenvalue weighted by Crippen LogP contribution is 2.28. The van der Waals surface area contributed by atoms with E-state index in [1.165, 1.54) is 6.07 Å². The van der Waals surface area contributed by atoms with Gasteiger partial charge in [-0.15, -0.1) is 35.0 Å². The number of carbonyl (C=O) groups excluding carboxylic acids is 1. The number of rotatable bonds is 4. The zero-order valence-corrected chi connectivity index (χ0v) is 18.8. The lowest BCUT2D eigenvalue weighted by molar-refractivity contribution is -0.120. The molecule has 2 heterocycles. The Balaban J connectivity index is 0.00000171. The second-order valence-corrected chi connectivity index (χ2v) is 7.62. The largest absolute Gasteiger partial charge is 0.322 e. The highest BCUT2D eigenvalue weighted by atomic mass is 35.5. The van der Waals surface area contributed by atoms with Crippen molar-refractivity contribution >= 4 is 36.4 Å². The van der Waals surface area contributed by atoms with Gasteiger partial charge in [0.2, 0.25) is 5.91 Å². The Morgan fingerprint density at radius 1 is 1.10 bits per heavy atom. The number of halogens is 3. The Bertz CT molecular complexity index is 1040. The van der Waals surface area contributed by atoms with E-state index in [1.807, 2.05) is 18.2 Å². The number of nitrogens with two attached hydrogens (primary N) is 1. The summed E-state index contributed by atoms with van der Waals surface area (Å²) in [4.78, 5) is 12.8. The van der Waals surface area contributed by atoms with E-state index in [9.17, 15) is 9.18 Å². The smallest absolute Gasteiger partial charge is 0.248 e. The first-order valence-corrected chi connectivity index (χ1v) is 9.84. The van der Waals surface area contributed by atoms with Crippen molar-refractivity contribution in [3.63, 3.8) is 0 Å². The molecule has 3 N–H and O–H groups in total. The molecule has 0 spiro atoms. The maximum absolute atomic E-state index is 14.5. The van der Waals surface area contributed by atoms with Crippen LogP contribution in [0.25, 0.3) is 11.4 Å². The van der Waals surface area contributed by atoms with Crippen molar-refractivity contribution in [3.05, 3.63) is 65.7 Å². The number of aryl methyl sites for hydroxylation is 1. The number of nitrogens with one attached hydrogen (secondary N) is 1. The topological polar surface area (TPSA) is 85.8 Å². The number of amides is 1. The third kappa shape index (κ3) is 5.06. The van der Waals surface area contributed by atoms with Crippen LogP contribution in [0.3, 0.4) is 0 Å². The summed E-state index contributed by atoms with van der Waals surface area (Å²) in [7, 11) is 0. The van der Waals surface area contributed by atoms with Gasteiger partial charge in [0.05, 0.1) is 5.69 Å². The van der Waals surface area contributed by atoms with Crippen LogP contribution in [0.1, 0.15) is 37.6 Å². The number of benzene rings is 2. The second kappa shape index (κ2) is 10.2. The summed E-state index contributed by atoms with van der Waals surface area (Å²) in [5.74, 6) is 0.628. The fourth-order valence-corrected chi connectivity index (χ4v) is 3.63. The molecule has 1 aliphatic rings. The third-order valence-electron chi connectivity index (χ3n) is 5.43. The number of hydrogen-bond acceptors (Lipinski definition) is 4. The van der Waals surface area contributed by atoms with Crippen molar-refractivity contribution in [1.82, 2.24) is 14.8 Å². The van der Waals surface area contributed by atoms with Gasteiger partial charge in [0.15, 0.2) is 5.82 Å². The van der Waals surface area contributed by atoms with Gasteiger partial charge >= 0.3 is 0 Å². The van der Waals surface area contributed by atoms with Crippen LogP contribution in [0, 0.1) is 5.82 Å². The predicted octanol–water partition coefficient (Wildman–Crippen LogP) is 4.47. The first kappa shape index (κ1) is 24.8. The minimum atomic E-state index is -1.30. The first-order chi connectivity index (χ1) is 14.0. The summed E-state index contributed by atoms with van der Waals surface area (Å²) < 4.78 is 16.6. The molecule has 1 amide bonds. The van der Waals surface area contributed by atoms with Gasteiger partial charge in [-0.05, 0) is 43.5 Å². The molecule has 0 saturated heterocycles. The van der Waals surface area contributed by atoms with Crippen molar-refractivity contribution in [1.29, 1.82) is 0 Å². The van der Waals surface area contributed by atoms with E-state index in [1.54, 1.807) is 31.2 Å². The molecule has 1 unspecified atom stereocenters. The van der Waals surface area contributed by atoms with Crippen molar-refractivity contribution in [3.8, 4) is 11.4 Å². The van der Waals surface area contributed by atoms with Crippen LogP contribution in [0.2, 0.25) is 0 Å². The Hall–Kier alpha value is -2.48. The van der Waals surface area contributed by atoms with Crippen LogP contribution in [-0.2, 0) is 23.3 Å². The highest BCUT2D eigenvalue weighted by molar-refractivity contribution is 5.98. The first-order valence-electron chi connectivity index (χ1n) is 9.84. The van der Waals surface area contributed by atoms with E-state index in [2.05, 4.69) is 20.1 Å². The minimum absolute atomic E-state index is 0. The zero-order chi connectivity index (χ0) is 20.4. The van der Waals surface area contributed by atoms with Crippen LogP contribution in [0.5, 0.6) is 0 Å². The normalized spacial score (nSPS) is 14.8. The van der Waals surface area contributed by atoms with Crippen molar-refractivity contribution in [2.45, 2.75) is 44.7 Å². The maximum Gasteiger partial charge on any atom is 0.248 e. The Morgan fingerprint density at radius 2 is 1.84 bits per heavy atom. The molecule has 1 atom stereocenters. The minimum Gasteiger partial charge on any atom is -0.322 e. The number of aromatic nitrogens is 3. The Morgan fingerprint density at radius 3 is 2.58 bits per heavy atom. The lowest BCUT2D eigenvalue weighted by atomic mass is 9.92. The van der Waals surface area contributed by atoms with Gasteiger partial charge in [-0.1, -0.05) is 36.8 Å². The predicted molar refractivity (Wildman–Crippen MR) is 124 cm³/mol. The summed E-state index contributed by atoms with van der Waals surface area (Å²) in [5, 5.41) is 11.3. The van der Waals surface area contributed by atoms with E-state index in [0.29, 0.717) is 17.0 Å². The molecule has 6 nitrogen and oxygen atoms in total. The molecule has 0 aliphatic carbocycles. The van der Waals surface area contributed by atoms with Gasteiger partial charge in [0, 0.05) is 18.5 Å². The Kier molecular flexibility index (Phi) is 8.17. The SMILES string of the molecule is CC(N)(C(=O)Nc1cc(-c2nnc3n2CCCCC3)ccc1F)c1ccccc1.Cl.Cl.